The molecule has 0 radical (unpaired) electrons. The van der Waals surface area contributed by atoms with Crippen molar-refractivity contribution in [3.63, 3.8) is 0 Å². The number of hydrogen-bond donors (Lipinski definition) is 0. The highest BCUT2D eigenvalue weighted by Gasteiger charge is 2.37. The van der Waals surface area contributed by atoms with Crippen molar-refractivity contribution in [2.45, 2.75) is 12.8 Å². The first-order valence-electron chi connectivity index (χ1n) is 6.65. The number of nitrogens with zero attached hydrogens (tertiary/aromatic N) is 1. The highest BCUT2D eigenvalue weighted by Crippen LogP contribution is 2.38. The second kappa shape index (κ2) is 5.33. The average molecular weight is 301 g/mol. The van der Waals surface area contributed by atoms with Gasteiger partial charge >= 0.3 is 5.97 Å². The minimum atomic E-state index is -0.408. The Bertz CT molecular complexity index is 707. The largest absolute Gasteiger partial charge is 0.468 e. The number of anilines is 1. The van der Waals surface area contributed by atoms with E-state index in [1.54, 1.807) is 4.90 Å². The van der Waals surface area contributed by atoms with E-state index in [0.29, 0.717) is 12.1 Å². The van der Waals surface area contributed by atoms with E-state index in [-0.39, 0.29) is 11.9 Å². The third-order valence-corrected chi connectivity index (χ3v) is 4.65. The summed E-state index contributed by atoms with van der Waals surface area (Å²) >= 11 is 1.51. The number of benzene rings is 1. The molecule has 2 aromatic rings. The number of para-hydroxylation sites is 1. The number of thiophene rings is 1. The van der Waals surface area contributed by atoms with Crippen molar-refractivity contribution < 1.29 is 14.3 Å². The number of fused-ring (bicyclic) bond motifs is 1. The Morgan fingerprint density at radius 1 is 1.29 bits per heavy atom. The summed E-state index contributed by atoms with van der Waals surface area (Å²) in [4.78, 5) is 26.3. The number of carbonyl (C=O) groups excluding carboxylic acids is 2. The summed E-state index contributed by atoms with van der Waals surface area (Å²) in [6.45, 7) is 2.25. The molecule has 0 bridgehead atoms. The normalized spacial score (nSPS) is 16.7. The molecule has 21 heavy (non-hydrogen) atoms. The molecular formula is C16H15NO3S. The third kappa shape index (κ3) is 2.23. The molecule has 108 valence electrons. The average Bonchev–Trinajstić information content (AvgIpc) is 3.09. The molecule has 1 atom stereocenters. The van der Waals surface area contributed by atoms with E-state index < -0.39 is 5.92 Å². The van der Waals surface area contributed by atoms with Crippen LogP contribution in [0.4, 0.5) is 5.69 Å². The van der Waals surface area contributed by atoms with Gasteiger partial charge < -0.3 is 9.64 Å². The molecule has 0 fully saturated rings. The van der Waals surface area contributed by atoms with E-state index >= 15 is 0 Å². The number of carbonyl (C=O) groups is 2. The molecule has 0 unspecified atom stereocenters. The summed E-state index contributed by atoms with van der Waals surface area (Å²) in [6, 6.07) is 7.50. The van der Waals surface area contributed by atoms with Gasteiger partial charge in [0.1, 0.15) is 5.92 Å². The van der Waals surface area contributed by atoms with Crippen LogP contribution in [0.15, 0.2) is 35.0 Å². The maximum atomic E-state index is 12.7. The third-order valence-electron chi connectivity index (χ3n) is 3.78. The molecule has 1 aliphatic rings. The van der Waals surface area contributed by atoms with Crippen LogP contribution in [0.2, 0.25) is 0 Å². The molecule has 2 heterocycles. The molecule has 1 amide bonds. The Morgan fingerprint density at radius 3 is 2.71 bits per heavy atom. The molecule has 5 heteroatoms. The fourth-order valence-corrected chi connectivity index (χ4v) is 3.49. The summed E-state index contributed by atoms with van der Waals surface area (Å²) in [5.41, 5.74) is 3.30. The van der Waals surface area contributed by atoms with E-state index in [0.717, 1.165) is 16.8 Å². The first kappa shape index (κ1) is 13.8. The van der Waals surface area contributed by atoms with Crippen LogP contribution in [0.3, 0.4) is 0 Å². The zero-order valence-electron chi connectivity index (χ0n) is 11.8. The second-order valence-corrected chi connectivity index (χ2v) is 5.76. The summed E-state index contributed by atoms with van der Waals surface area (Å²) in [6.07, 6.45) is 0. The number of rotatable bonds is 2. The van der Waals surface area contributed by atoms with E-state index in [1.807, 2.05) is 41.9 Å². The van der Waals surface area contributed by atoms with Crippen LogP contribution >= 0.6 is 11.3 Å². The monoisotopic (exact) mass is 301 g/mol. The SMILES string of the molecule is COC(=O)[C@@H]1CN(C(=O)c2cscc2C)c2ccccc21. The molecule has 0 saturated heterocycles. The number of esters is 1. The van der Waals surface area contributed by atoms with Crippen LogP contribution in [0.1, 0.15) is 27.4 Å². The molecule has 3 rings (SSSR count). The van der Waals surface area contributed by atoms with E-state index in [2.05, 4.69) is 0 Å². The van der Waals surface area contributed by atoms with Crippen LogP contribution in [0.25, 0.3) is 0 Å². The van der Waals surface area contributed by atoms with Crippen LogP contribution in [-0.4, -0.2) is 25.5 Å². The van der Waals surface area contributed by atoms with Crippen molar-refractivity contribution >= 4 is 28.9 Å². The van der Waals surface area contributed by atoms with Gasteiger partial charge in [0.25, 0.3) is 5.91 Å². The summed E-state index contributed by atoms with van der Waals surface area (Å²) in [5.74, 6) is -0.776. The quantitative estimate of drug-likeness (QED) is 0.801. The fourth-order valence-electron chi connectivity index (χ4n) is 2.67. The van der Waals surface area contributed by atoms with Crippen molar-refractivity contribution in [2.75, 3.05) is 18.6 Å². The Morgan fingerprint density at radius 2 is 2.05 bits per heavy atom. The lowest BCUT2D eigenvalue weighted by Crippen LogP contribution is -2.31. The number of ether oxygens (including phenoxy) is 1. The lowest BCUT2D eigenvalue weighted by molar-refractivity contribution is -0.141. The Hall–Kier alpha value is -2.14. The van der Waals surface area contributed by atoms with Crippen molar-refractivity contribution in [1.82, 2.24) is 0 Å². The van der Waals surface area contributed by atoms with Gasteiger partial charge in [-0.2, -0.15) is 11.3 Å². The van der Waals surface area contributed by atoms with Gasteiger partial charge in [-0.1, -0.05) is 18.2 Å². The van der Waals surface area contributed by atoms with Crippen LogP contribution in [0, 0.1) is 6.92 Å². The first-order chi connectivity index (χ1) is 10.1. The van der Waals surface area contributed by atoms with Crippen molar-refractivity contribution in [3.8, 4) is 0 Å². The molecular weight excluding hydrogens is 286 g/mol. The Labute approximate surface area is 127 Å². The second-order valence-electron chi connectivity index (χ2n) is 5.02. The molecule has 1 aliphatic heterocycles. The summed E-state index contributed by atoms with van der Waals surface area (Å²) in [7, 11) is 1.37. The number of hydrogen-bond acceptors (Lipinski definition) is 4. The van der Waals surface area contributed by atoms with Crippen LogP contribution in [0.5, 0.6) is 0 Å². The fraction of sp³-hybridized carbons (Fsp3) is 0.250. The molecule has 0 aliphatic carbocycles. The predicted molar refractivity (Wildman–Crippen MR) is 81.9 cm³/mol. The Balaban J connectivity index is 2.00. The summed E-state index contributed by atoms with van der Waals surface area (Å²) < 4.78 is 4.86. The maximum Gasteiger partial charge on any atom is 0.315 e. The highest BCUT2D eigenvalue weighted by atomic mass is 32.1. The van der Waals surface area contributed by atoms with Crippen LogP contribution in [-0.2, 0) is 9.53 Å². The molecule has 4 nitrogen and oxygen atoms in total. The predicted octanol–water partition coefficient (Wildman–Crippen LogP) is 2.97. The molecule has 0 saturated carbocycles. The maximum absolute atomic E-state index is 12.7. The van der Waals surface area contributed by atoms with Crippen LogP contribution < -0.4 is 4.90 Å². The molecule has 1 aromatic carbocycles. The Kier molecular flexibility index (Phi) is 3.51. The van der Waals surface area contributed by atoms with Gasteiger partial charge in [-0.25, -0.2) is 0 Å². The zero-order chi connectivity index (χ0) is 15.0. The van der Waals surface area contributed by atoms with Gasteiger partial charge in [0.05, 0.1) is 12.7 Å². The smallest absolute Gasteiger partial charge is 0.315 e. The molecule has 0 spiro atoms. The summed E-state index contributed by atoms with van der Waals surface area (Å²) in [5, 5.41) is 3.80. The van der Waals surface area contributed by atoms with Gasteiger partial charge in [0.15, 0.2) is 0 Å². The lowest BCUT2D eigenvalue weighted by atomic mass is 10.0. The van der Waals surface area contributed by atoms with Crippen molar-refractivity contribution in [2.24, 2.45) is 0 Å². The van der Waals surface area contributed by atoms with Crippen molar-refractivity contribution in [1.29, 1.82) is 0 Å². The van der Waals surface area contributed by atoms with E-state index in [9.17, 15) is 9.59 Å². The van der Waals surface area contributed by atoms with Gasteiger partial charge in [0.2, 0.25) is 0 Å². The minimum Gasteiger partial charge on any atom is -0.468 e. The highest BCUT2D eigenvalue weighted by molar-refractivity contribution is 7.08. The van der Waals surface area contributed by atoms with Gasteiger partial charge in [-0.15, -0.1) is 0 Å². The van der Waals surface area contributed by atoms with E-state index in [4.69, 9.17) is 4.74 Å². The zero-order valence-corrected chi connectivity index (χ0v) is 12.6. The number of amides is 1. The minimum absolute atomic E-state index is 0.0624. The molecule has 1 aromatic heterocycles. The van der Waals surface area contributed by atoms with Gasteiger partial charge in [-0.3, -0.25) is 9.59 Å². The van der Waals surface area contributed by atoms with Gasteiger partial charge in [-0.05, 0) is 29.5 Å². The lowest BCUT2D eigenvalue weighted by Gasteiger charge is -2.17. The standard InChI is InChI=1S/C16H15NO3S/c1-10-8-21-9-13(10)15(18)17-7-12(16(19)20-2)11-5-3-4-6-14(11)17/h3-6,8-9,12H,7H2,1-2H3/t12-/m1/s1. The number of methoxy groups -OCH3 is 1. The van der Waals surface area contributed by atoms with E-state index in [1.165, 1.54) is 18.4 Å². The first-order valence-corrected chi connectivity index (χ1v) is 7.59. The molecule has 0 N–H and O–H groups in total. The topological polar surface area (TPSA) is 46.6 Å². The van der Waals surface area contributed by atoms with Crippen molar-refractivity contribution in [3.05, 3.63) is 51.7 Å². The number of aryl methyl sites for hydroxylation is 1. The van der Waals surface area contributed by atoms with Gasteiger partial charge in [0, 0.05) is 17.6 Å².